The molecule has 1 aromatic heterocycles. The van der Waals surface area contributed by atoms with Crippen molar-refractivity contribution in [3.8, 4) is 0 Å². The van der Waals surface area contributed by atoms with Crippen LogP contribution in [0.1, 0.15) is 24.8 Å². The molecule has 2 amide bonds. The number of rotatable bonds is 8. The van der Waals surface area contributed by atoms with Crippen LogP contribution in [-0.4, -0.2) is 45.6 Å². The van der Waals surface area contributed by atoms with Crippen molar-refractivity contribution in [3.63, 3.8) is 0 Å². The van der Waals surface area contributed by atoms with Gasteiger partial charge < -0.3 is 10.2 Å². The molecule has 7 heteroatoms. The smallest absolute Gasteiger partial charge is 0.224 e. The zero-order valence-electron chi connectivity index (χ0n) is 14.6. The second-order valence-electron chi connectivity index (χ2n) is 6.56. The van der Waals surface area contributed by atoms with Gasteiger partial charge in [0.05, 0.1) is 6.04 Å². The number of halogens is 1. The molecule has 1 aromatic carbocycles. The van der Waals surface area contributed by atoms with E-state index in [0.29, 0.717) is 31.0 Å². The van der Waals surface area contributed by atoms with Crippen LogP contribution >= 0.6 is 11.6 Å². The van der Waals surface area contributed by atoms with Crippen molar-refractivity contribution in [2.45, 2.75) is 38.3 Å². The Hall–Kier alpha value is -2.34. The predicted molar refractivity (Wildman–Crippen MR) is 99.7 cm³/mol. The molecule has 0 radical (unpaired) electrons. The van der Waals surface area contributed by atoms with E-state index in [1.165, 1.54) is 0 Å². The third-order valence-corrected chi connectivity index (χ3v) is 4.72. The number of aryl methyl sites for hydroxylation is 1. The second kappa shape index (κ2) is 8.85. The molecule has 1 fully saturated rings. The fourth-order valence-corrected chi connectivity index (χ4v) is 3.39. The number of hydrogen-bond acceptors (Lipinski definition) is 3. The van der Waals surface area contributed by atoms with Gasteiger partial charge in [0.15, 0.2) is 0 Å². The molecule has 26 heavy (non-hydrogen) atoms. The summed E-state index contributed by atoms with van der Waals surface area (Å²) >= 11 is 5.99. The van der Waals surface area contributed by atoms with Crippen molar-refractivity contribution in [2.75, 3.05) is 13.1 Å². The molecule has 0 spiro atoms. The lowest BCUT2D eigenvalue weighted by atomic mass is 10.1. The second-order valence-corrected chi connectivity index (χ2v) is 7.00. The Kier molecular flexibility index (Phi) is 6.28. The van der Waals surface area contributed by atoms with Crippen molar-refractivity contribution in [3.05, 3.63) is 53.3 Å². The lowest BCUT2D eigenvalue weighted by molar-refractivity contribution is -0.127. The van der Waals surface area contributed by atoms with Gasteiger partial charge in [0.25, 0.3) is 0 Å². The average Bonchev–Trinajstić information content (AvgIpc) is 3.23. The minimum Gasteiger partial charge on any atom is -0.351 e. The Morgan fingerprint density at radius 2 is 2.19 bits per heavy atom. The van der Waals surface area contributed by atoms with E-state index >= 15 is 0 Å². The molecule has 3 rings (SSSR count). The summed E-state index contributed by atoms with van der Waals surface area (Å²) < 4.78 is 1.81. The molecular weight excluding hydrogens is 352 g/mol. The third-order valence-electron chi connectivity index (χ3n) is 4.49. The van der Waals surface area contributed by atoms with Gasteiger partial charge in [-0.2, -0.15) is 5.10 Å². The topological polar surface area (TPSA) is 67.2 Å². The number of benzene rings is 1. The summed E-state index contributed by atoms with van der Waals surface area (Å²) in [6.45, 7) is 1.94. The highest BCUT2D eigenvalue weighted by Crippen LogP contribution is 2.15. The molecule has 6 nitrogen and oxygen atoms in total. The highest BCUT2D eigenvalue weighted by atomic mass is 35.5. The maximum absolute atomic E-state index is 12.2. The highest BCUT2D eigenvalue weighted by Gasteiger charge is 2.30. The van der Waals surface area contributed by atoms with Crippen LogP contribution in [0.3, 0.4) is 0 Å². The van der Waals surface area contributed by atoms with Crippen molar-refractivity contribution < 1.29 is 9.59 Å². The molecule has 0 aliphatic carbocycles. The Morgan fingerprint density at radius 3 is 2.96 bits per heavy atom. The molecule has 0 unspecified atom stereocenters. The first kappa shape index (κ1) is 18.5. The molecule has 1 atom stereocenters. The monoisotopic (exact) mass is 374 g/mol. The van der Waals surface area contributed by atoms with Crippen molar-refractivity contribution in [2.24, 2.45) is 0 Å². The van der Waals surface area contributed by atoms with Crippen LogP contribution in [0.15, 0.2) is 42.7 Å². The van der Waals surface area contributed by atoms with E-state index in [1.54, 1.807) is 6.20 Å². The van der Waals surface area contributed by atoms with Crippen LogP contribution in [0.2, 0.25) is 5.02 Å². The lowest BCUT2D eigenvalue weighted by Gasteiger charge is -2.17. The molecule has 0 saturated carbocycles. The summed E-state index contributed by atoms with van der Waals surface area (Å²) in [6.07, 6.45) is 5.91. The third kappa shape index (κ3) is 5.33. The number of nitrogens with zero attached hydrogens (tertiary/aromatic N) is 3. The number of carbonyl (C=O) groups is 2. The molecule has 2 heterocycles. The molecule has 1 aliphatic rings. The number of nitrogens with one attached hydrogen (secondary N) is 1. The summed E-state index contributed by atoms with van der Waals surface area (Å²) in [5, 5.41) is 7.79. The van der Waals surface area contributed by atoms with Gasteiger partial charge in [-0.15, -0.1) is 0 Å². The van der Waals surface area contributed by atoms with Crippen molar-refractivity contribution in [1.82, 2.24) is 20.0 Å². The number of carbonyl (C=O) groups excluding carboxylic acids is 2. The summed E-state index contributed by atoms with van der Waals surface area (Å²) in [6, 6.07) is 9.44. The SMILES string of the molecule is O=C(CCCn1cccn1)N[C@@H]1CC(=O)N(CCc2cccc(Cl)c2)C1. The summed E-state index contributed by atoms with van der Waals surface area (Å²) in [7, 11) is 0. The minimum absolute atomic E-state index is 0.00773. The first-order valence-electron chi connectivity index (χ1n) is 8.89. The molecule has 1 saturated heterocycles. The van der Waals surface area contributed by atoms with Gasteiger partial charge in [0.2, 0.25) is 11.8 Å². The predicted octanol–water partition coefficient (Wildman–Crippen LogP) is 2.28. The van der Waals surface area contributed by atoms with E-state index in [9.17, 15) is 9.59 Å². The number of hydrogen-bond donors (Lipinski definition) is 1. The Morgan fingerprint density at radius 1 is 1.31 bits per heavy atom. The van der Waals surface area contributed by atoms with Gasteiger partial charge in [-0.3, -0.25) is 14.3 Å². The van der Waals surface area contributed by atoms with Crippen LogP contribution in [-0.2, 0) is 22.6 Å². The van der Waals surface area contributed by atoms with Gasteiger partial charge >= 0.3 is 0 Å². The first-order valence-corrected chi connectivity index (χ1v) is 9.27. The zero-order valence-corrected chi connectivity index (χ0v) is 15.4. The molecular formula is C19H23ClN4O2. The van der Waals surface area contributed by atoms with Gasteiger partial charge in [-0.25, -0.2) is 0 Å². The van der Waals surface area contributed by atoms with E-state index in [2.05, 4.69) is 10.4 Å². The van der Waals surface area contributed by atoms with E-state index in [4.69, 9.17) is 11.6 Å². The van der Waals surface area contributed by atoms with Gasteiger partial charge in [0, 0.05) is 49.9 Å². The van der Waals surface area contributed by atoms with Crippen LogP contribution in [0.25, 0.3) is 0 Å². The van der Waals surface area contributed by atoms with Crippen molar-refractivity contribution in [1.29, 1.82) is 0 Å². The molecule has 0 bridgehead atoms. The maximum atomic E-state index is 12.2. The number of aromatic nitrogens is 2. The Bertz CT molecular complexity index is 748. The number of likely N-dealkylation sites (tertiary alicyclic amines) is 1. The zero-order chi connectivity index (χ0) is 18.4. The quantitative estimate of drug-likeness (QED) is 0.770. The average molecular weight is 375 g/mol. The highest BCUT2D eigenvalue weighted by molar-refractivity contribution is 6.30. The van der Waals surface area contributed by atoms with Crippen LogP contribution in [0.5, 0.6) is 0 Å². The minimum atomic E-state index is -0.0981. The van der Waals surface area contributed by atoms with E-state index in [-0.39, 0.29) is 17.9 Å². The fourth-order valence-electron chi connectivity index (χ4n) is 3.18. The standard InChI is InChI=1S/C19H23ClN4O2/c20-16-5-1-4-15(12-16)7-11-23-14-17(13-19(23)26)22-18(25)6-2-9-24-10-3-8-21-24/h1,3-5,8,10,12,17H,2,6-7,9,11,13-14H2,(H,22,25)/t17-/m1/s1. The Balaban J connectivity index is 1.38. The fraction of sp³-hybridized carbons (Fsp3) is 0.421. The summed E-state index contributed by atoms with van der Waals surface area (Å²) in [5.74, 6) is 0.0838. The van der Waals surface area contributed by atoms with E-state index < -0.39 is 0 Å². The molecule has 1 aliphatic heterocycles. The van der Waals surface area contributed by atoms with E-state index in [0.717, 1.165) is 24.9 Å². The van der Waals surface area contributed by atoms with Gasteiger partial charge in [0.1, 0.15) is 0 Å². The maximum Gasteiger partial charge on any atom is 0.224 e. The van der Waals surface area contributed by atoms with Gasteiger partial charge in [-0.1, -0.05) is 23.7 Å². The van der Waals surface area contributed by atoms with Crippen LogP contribution in [0.4, 0.5) is 0 Å². The van der Waals surface area contributed by atoms with Gasteiger partial charge in [-0.05, 0) is 36.6 Å². The lowest BCUT2D eigenvalue weighted by Crippen LogP contribution is -2.37. The largest absolute Gasteiger partial charge is 0.351 e. The molecule has 1 N–H and O–H groups in total. The normalized spacial score (nSPS) is 16.9. The van der Waals surface area contributed by atoms with Crippen molar-refractivity contribution >= 4 is 23.4 Å². The summed E-state index contributed by atoms with van der Waals surface area (Å²) in [4.78, 5) is 26.0. The first-order chi connectivity index (χ1) is 12.6. The molecule has 138 valence electrons. The molecule has 2 aromatic rings. The van der Waals surface area contributed by atoms with Crippen LogP contribution in [0, 0.1) is 0 Å². The van der Waals surface area contributed by atoms with Crippen LogP contribution < -0.4 is 5.32 Å². The van der Waals surface area contributed by atoms with E-state index in [1.807, 2.05) is 46.1 Å². The number of amides is 2. The Labute approximate surface area is 158 Å². The summed E-state index contributed by atoms with van der Waals surface area (Å²) in [5.41, 5.74) is 1.11.